The fraction of sp³-hybridized carbons (Fsp3) is 0. The van der Waals surface area contributed by atoms with Gasteiger partial charge in [0.15, 0.2) is 0 Å². The Kier molecular flexibility index (Phi) is 7.11. The van der Waals surface area contributed by atoms with Crippen LogP contribution < -0.4 is 4.90 Å². The van der Waals surface area contributed by atoms with Crippen LogP contribution in [0, 0.1) is 0 Å². The van der Waals surface area contributed by atoms with Crippen molar-refractivity contribution in [3.63, 3.8) is 0 Å². The lowest BCUT2D eigenvalue weighted by Crippen LogP contribution is -2.10. The van der Waals surface area contributed by atoms with Crippen LogP contribution in [0.4, 0.5) is 17.1 Å². The van der Waals surface area contributed by atoms with Crippen LogP contribution in [0.2, 0.25) is 0 Å². The van der Waals surface area contributed by atoms with Gasteiger partial charge in [-0.05, 0) is 108 Å². The Balaban J connectivity index is 1.14. The molecule has 0 saturated heterocycles. The molecule has 0 aliphatic heterocycles. The van der Waals surface area contributed by atoms with Gasteiger partial charge in [-0.3, -0.25) is 0 Å². The van der Waals surface area contributed by atoms with Crippen LogP contribution in [0.15, 0.2) is 200 Å². The molecule has 0 radical (unpaired) electrons. The zero-order valence-electron chi connectivity index (χ0n) is 29.4. The summed E-state index contributed by atoms with van der Waals surface area (Å²) in [5.74, 6) is 0. The minimum Gasteiger partial charge on any atom is -0.309 e. The Labute approximate surface area is 317 Å². The third-order valence-corrected chi connectivity index (χ3v) is 12.2. The molecule has 0 saturated carbocycles. The van der Waals surface area contributed by atoms with E-state index in [0.29, 0.717) is 0 Å². The van der Waals surface area contributed by atoms with Crippen LogP contribution >= 0.6 is 11.3 Å². The number of benzene rings is 10. The fourth-order valence-electron chi connectivity index (χ4n) is 8.54. The van der Waals surface area contributed by atoms with Crippen molar-refractivity contribution in [2.75, 3.05) is 4.90 Å². The van der Waals surface area contributed by atoms with E-state index in [1.54, 1.807) is 0 Å². The van der Waals surface area contributed by atoms with Gasteiger partial charge in [0.1, 0.15) is 0 Å². The van der Waals surface area contributed by atoms with Crippen molar-refractivity contribution < 1.29 is 0 Å². The first-order chi connectivity index (χ1) is 26.8. The summed E-state index contributed by atoms with van der Waals surface area (Å²) in [6, 6.07) is 73.5. The van der Waals surface area contributed by atoms with Crippen LogP contribution in [-0.4, -0.2) is 0 Å². The first-order valence-corrected chi connectivity index (χ1v) is 19.3. The van der Waals surface area contributed by atoms with Crippen molar-refractivity contribution in [2.45, 2.75) is 0 Å². The maximum absolute atomic E-state index is 2.47. The average molecular weight is 704 g/mol. The highest BCUT2D eigenvalue weighted by molar-refractivity contribution is 7.26. The molecule has 0 N–H and O–H groups in total. The van der Waals surface area contributed by atoms with E-state index in [-0.39, 0.29) is 0 Å². The summed E-state index contributed by atoms with van der Waals surface area (Å²) in [4.78, 5) is 2.47. The monoisotopic (exact) mass is 703 g/mol. The van der Waals surface area contributed by atoms with Crippen molar-refractivity contribution in [3.8, 4) is 22.3 Å². The lowest BCUT2D eigenvalue weighted by molar-refractivity contribution is 1.31. The number of thiophene rings is 1. The Bertz CT molecular complexity index is 3200. The van der Waals surface area contributed by atoms with Gasteiger partial charge < -0.3 is 4.90 Å². The molecule has 10 aromatic carbocycles. The van der Waals surface area contributed by atoms with Crippen LogP contribution in [-0.2, 0) is 0 Å². The molecule has 0 bridgehead atoms. The number of nitrogens with zero attached hydrogens (tertiary/aromatic N) is 1. The summed E-state index contributed by atoms with van der Waals surface area (Å²) in [6.45, 7) is 0. The topological polar surface area (TPSA) is 3.24 Å². The molecule has 1 heterocycles. The SMILES string of the molecule is c1cc(-c2cccc(N(c3ccc4c5ccccc5c5ccccc5c4c3)c3cccc4c3sc3ccccc34)c2)cc(-c2cccc3ccccc23)c1. The van der Waals surface area contributed by atoms with Crippen molar-refractivity contribution in [2.24, 2.45) is 0 Å². The van der Waals surface area contributed by atoms with Crippen molar-refractivity contribution in [1.82, 2.24) is 0 Å². The molecule has 252 valence electrons. The van der Waals surface area contributed by atoms with Crippen molar-refractivity contribution >= 4 is 91.7 Å². The highest BCUT2D eigenvalue weighted by Gasteiger charge is 2.20. The Hall–Kier alpha value is -6.74. The molecule has 0 spiro atoms. The van der Waals surface area contributed by atoms with Crippen LogP contribution in [0.25, 0.3) is 85.5 Å². The second-order valence-corrected chi connectivity index (χ2v) is 15.1. The Morgan fingerprint density at radius 2 is 0.852 bits per heavy atom. The molecule has 0 amide bonds. The van der Waals surface area contributed by atoms with Gasteiger partial charge in [0, 0.05) is 26.8 Å². The van der Waals surface area contributed by atoms with Gasteiger partial charge in [0.2, 0.25) is 0 Å². The molecule has 54 heavy (non-hydrogen) atoms. The van der Waals surface area contributed by atoms with Gasteiger partial charge in [0.05, 0.1) is 10.4 Å². The molecular weight excluding hydrogens is 671 g/mol. The number of anilines is 3. The quantitative estimate of drug-likeness (QED) is 0.161. The van der Waals surface area contributed by atoms with Crippen LogP contribution in [0.1, 0.15) is 0 Å². The van der Waals surface area contributed by atoms with E-state index in [4.69, 9.17) is 0 Å². The number of hydrogen-bond acceptors (Lipinski definition) is 2. The van der Waals surface area contributed by atoms with E-state index in [1.807, 2.05) is 11.3 Å². The number of rotatable bonds is 5. The molecular formula is C52H33NS. The molecule has 0 unspecified atom stereocenters. The summed E-state index contributed by atoms with van der Waals surface area (Å²) in [5, 5.41) is 12.8. The maximum Gasteiger partial charge on any atom is 0.0640 e. The molecule has 11 aromatic rings. The minimum atomic E-state index is 1.12. The Morgan fingerprint density at radius 3 is 1.65 bits per heavy atom. The third-order valence-electron chi connectivity index (χ3n) is 11.0. The molecule has 0 aliphatic rings. The number of fused-ring (bicyclic) bond motifs is 10. The average Bonchev–Trinajstić information content (AvgIpc) is 3.63. The Morgan fingerprint density at radius 1 is 0.315 bits per heavy atom. The molecule has 0 atom stereocenters. The zero-order valence-corrected chi connectivity index (χ0v) is 30.2. The summed E-state index contributed by atoms with van der Waals surface area (Å²) in [5.41, 5.74) is 8.28. The lowest BCUT2D eigenvalue weighted by Gasteiger charge is -2.27. The predicted molar refractivity (Wildman–Crippen MR) is 235 cm³/mol. The predicted octanol–water partition coefficient (Wildman–Crippen LogP) is 15.5. The van der Waals surface area contributed by atoms with Gasteiger partial charge in [-0.2, -0.15) is 0 Å². The molecule has 11 rings (SSSR count). The van der Waals surface area contributed by atoms with E-state index >= 15 is 0 Å². The van der Waals surface area contributed by atoms with Gasteiger partial charge >= 0.3 is 0 Å². The second kappa shape index (κ2) is 12.4. The highest BCUT2D eigenvalue weighted by atomic mass is 32.1. The van der Waals surface area contributed by atoms with Crippen molar-refractivity contribution in [1.29, 1.82) is 0 Å². The van der Waals surface area contributed by atoms with E-state index in [1.165, 1.54) is 91.2 Å². The van der Waals surface area contributed by atoms with Gasteiger partial charge in [-0.1, -0.05) is 158 Å². The molecule has 1 aromatic heterocycles. The largest absolute Gasteiger partial charge is 0.309 e. The van der Waals surface area contributed by atoms with Crippen LogP contribution in [0.5, 0.6) is 0 Å². The van der Waals surface area contributed by atoms with E-state index in [0.717, 1.165) is 11.4 Å². The second-order valence-electron chi connectivity index (χ2n) is 14.1. The van der Waals surface area contributed by atoms with E-state index in [2.05, 4.69) is 205 Å². The fourth-order valence-corrected chi connectivity index (χ4v) is 9.74. The van der Waals surface area contributed by atoms with Gasteiger partial charge in [0.25, 0.3) is 0 Å². The van der Waals surface area contributed by atoms with Crippen molar-refractivity contribution in [3.05, 3.63) is 200 Å². The van der Waals surface area contributed by atoms with Crippen LogP contribution in [0.3, 0.4) is 0 Å². The maximum atomic E-state index is 2.47. The third kappa shape index (κ3) is 4.92. The van der Waals surface area contributed by atoms with Gasteiger partial charge in [-0.25, -0.2) is 0 Å². The highest BCUT2D eigenvalue weighted by Crippen LogP contribution is 2.47. The molecule has 1 nitrogen and oxygen atoms in total. The summed E-state index contributed by atoms with van der Waals surface area (Å²) >= 11 is 1.87. The standard InChI is InChI=1S/C52H33NS/c1-2-19-40-34(13-1)14-11-25-41(40)37-17-9-15-35(31-37)36-16-10-18-38(32-36)53(50-27-12-26-48-47-24-7-8-28-51(47)54-52(48)50)39-29-30-46-44-22-4-3-20-42(44)43-21-5-6-23-45(43)49(46)33-39/h1-33H. The molecule has 2 heteroatoms. The first kappa shape index (κ1) is 30.8. The summed E-state index contributed by atoms with van der Waals surface area (Å²) in [7, 11) is 0. The van der Waals surface area contributed by atoms with E-state index in [9.17, 15) is 0 Å². The summed E-state index contributed by atoms with van der Waals surface area (Å²) in [6.07, 6.45) is 0. The zero-order chi connectivity index (χ0) is 35.6. The smallest absolute Gasteiger partial charge is 0.0640 e. The minimum absolute atomic E-state index is 1.12. The van der Waals surface area contributed by atoms with E-state index < -0.39 is 0 Å². The normalized spacial score (nSPS) is 11.7. The number of hydrogen-bond donors (Lipinski definition) is 0. The van der Waals surface area contributed by atoms with Gasteiger partial charge in [-0.15, -0.1) is 11.3 Å². The first-order valence-electron chi connectivity index (χ1n) is 18.5. The lowest BCUT2D eigenvalue weighted by atomic mass is 9.93. The molecule has 0 aliphatic carbocycles. The summed E-state index contributed by atoms with van der Waals surface area (Å²) < 4.78 is 2.58. The molecule has 0 fully saturated rings.